The first-order valence-electron chi connectivity index (χ1n) is 6.76. The van der Waals surface area contributed by atoms with E-state index >= 15 is 0 Å². The maximum Gasteiger partial charge on any atom is 0.0936 e. The van der Waals surface area contributed by atoms with Gasteiger partial charge in [0.25, 0.3) is 0 Å². The molecule has 100 valence electrons. The van der Waals surface area contributed by atoms with Crippen molar-refractivity contribution < 1.29 is 4.84 Å². The molecule has 20 heavy (non-hydrogen) atoms. The zero-order valence-electron chi connectivity index (χ0n) is 11.1. The lowest BCUT2D eigenvalue weighted by molar-refractivity contribution is -0.141. The number of hydrogen-bond donors (Lipinski definition) is 0. The monoisotopic (exact) mass is 264 g/mol. The maximum atomic E-state index is 9.32. The third kappa shape index (κ3) is 2.57. The molecular weight excluding hydrogens is 248 g/mol. The van der Waals surface area contributed by atoms with Gasteiger partial charge in [0.1, 0.15) is 0 Å². The zero-order valence-corrected chi connectivity index (χ0v) is 11.1. The Balaban J connectivity index is 1.85. The zero-order chi connectivity index (χ0) is 13.8. The van der Waals surface area contributed by atoms with Crippen LogP contribution in [0.25, 0.3) is 0 Å². The Labute approximate surface area is 119 Å². The molecule has 0 spiro atoms. The first kappa shape index (κ1) is 12.9. The molecule has 1 aliphatic heterocycles. The van der Waals surface area contributed by atoms with Crippen molar-refractivity contribution in [1.29, 1.82) is 5.26 Å². The van der Waals surface area contributed by atoms with Gasteiger partial charge >= 0.3 is 0 Å². The summed E-state index contributed by atoms with van der Waals surface area (Å²) in [5, 5.41) is 11.3. The third-order valence-corrected chi connectivity index (χ3v) is 3.60. The molecule has 0 saturated carbocycles. The lowest BCUT2D eigenvalue weighted by Gasteiger charge is -2.24. The predicted octanol–water partition coefficient (Wildman–Crippen LogP) is 3.31. The highest BCUT2D eigenvalue weighted by Crippen LogP contribution is 2.35. The fourth-order valence-electron chi connectivity index (χ4n) is 2.61. The first-order valence-corrected chi connectivity index (χ1v) is 6.76. The molecule has 0 aliphatic carbocycles. The molecule has 0 aromatic heterocycles. The number of hydroxylamine groups is 2. The molecule has 0 unspecified atom stereocenters. The van der Waals surface area contributed by atoms with Gasteiger partial charge < -0.3 is 0 Å². The van der Waals surface area contributed by atoms with E-state index in [-0.39, 0.29) is 12.0 Å². The molecule has 2 aromatic rings. The van der Waals surface area contributed by atoms with Crippen LogP contribution in [0.4, 0.5) is 0 Å². The Morgan fingerprint density at radius 2 is 1.70 bits per heavy atom. The van der Waals surface area contributed by atoms with Crippen molar-refractivity contribution in [3.63, 3.8) is 0 Å². The second-order valence-electron chi connectivity index (χ2n) is 4.95. The molecule has 1 heterocycles. The lowest BCUT2D eigenvalue weighted by atomic mass is 9.95. The van der Waals surface area contributed by atoms with E-state index in [1.807, 2.05) is 41.5 Å². The molecular formula is C17H16N2O. The molecule has 2 atom stereocenters. The van der Waals surface area contributed by atoms with E-state index in [4.69, 9.17) is 4.84 Å². The number of nitrogens with zero attached hydrogens (tertiary/aromatic N) is 2. The normalized spacial score (nSPS) is 22.6. The molecule has 3 heteroatoms. The standard InChI is InChI=1S/C17H16N2O/c18-11-16-13-20-19(12-14-7-3-1-4-8-14)17(16)15-9-5-2-6-10-15/h1-10,16-17H,12-13H2/t16-,17-/m0/s1. The molecule has 1 saturated heterocycles. The average molecular weight is 264 g/mol. The van der Waals surface area contributed by atoms with Gasteiger partial charge in [-0.1, -0.05) is 60.7 Å². The highest BCUT2D eigenvalue weighted by atomic mass is 16.7. The van der Waals surface area contributed by atoms with Crippen LogP contribution in [-0.2, 0) is 11.4 Å². The Bertz CT molecular complexity index is 591. The summed E-state index contributed by atoms with van der Waals surface area (Å²) in [6.45, 7) is 1.15. The van der Waals surface area contributed by atoms with Crippen molar-refractivity contribution in [1.82, 2.24) is 5.06 Å². The van der Waals surface area contributed by atoms with Gasteiger partial charge in [-0.25, -0.2) is 0 Å². The van der Waals surface area contributed by atoms with E-state index in [2.05, 4.69) is 30.3 Å². The van der Waals surface area contributed by atoms with Crippen molar-refractivity contribution in [3.8, 4) is 6.07 Å². The summed E-state index contributed by atoms with van der Waals surface area (Å²) < 4.78 is 0. The molecule has 0 N–H and O–H groups in total. The van der Waals surface area contributed by atoms with Crippen LogP contribution in [0.2, 0.25) is 0 Å². The van der Waals surface area contributed by atoms with Crippen LogP contribution in [0.3, 0.4) is 0 Å². The highest BCUT2D eigenvalue weighted by Gasteiger charge is 2.36. The van der Waals surface area contributed by atoms with Crippen molar-refractivity contribution in [2.45, 2.75) is 12.6 Å². The van der Waals surface area contributed by atoms with E-state index < -0.39 is 0 Å². The van der Waals surface area contributed by atoms with Crippen LogP contribution in [-0.4, -0.2) is 11.7 Å². The minimum absolute atomic E-state index is 0.00130. The third-order valence-electron chi connectivity index (χ3n) is 3.60. The van der Waals surface area contributed by atoms with Crippen molar-refractivity contribution in [3.05, 3.63) is 71.8 Å². The Hall–Kier alpha value is -2.15. The van der Waals surface area contributed by atoms with Crippen molar-refractivity contribution >= 4 is 0 Å². The van der Waals surface area contributed by atoms with Crippen LogP contribution >= 0.6 is 0 Å². The summed E-state index contributed by atoms with van der Waals surface area (Å²) in [7, 11) is 0. The van der Waals surface area contributed by atoms with E-state index in [1.54, 1.807) is 0 Å². The number of nitriles is 1. The topological polar surface area (TPSA) is 36.3 Å². The van der Waals surface area contributed by atoms with Gasteiger partial charge in [-0.15, -0.1) is 0 Å². The second kappa shape index (κ2) is 5.87. The fraction of sp³-hybridized carbons (Fsp3) is 0.235. The number of hydrogen-bond acceptors (Lipinski definition) is 3. The number of rotatable bonds is 3. The SMILES string of the molecule is N#C[C@H]1CON(Cc2ccccc2)[C@H]1c1ccccc1. The summed E-state index contributed by atoms with van der Waals surface area (Å²) in [5.41, 5.74) is 2.32. The molecule has 0 radical (unpaired) electrons. The quantitative estimate of drug-likeness (QED) is 0.853. The Kier molecular flexibility index (Phi) is 3.78. The van der Waals surface area contributed by atoms with Crippen LogP contribution in [0.1, 0.15) is 17.2 Å². The Morgan fingerprint density at radius 3 is 2.35 bits per heavy atom. The van der Waals surface area contributed by atoms with E-state index in [0.717, 1.165) is 5.56 Å². The molecule has 0 bridgehead atoms. The second-order valence-corrected chi connectivity index (χ2v) is 4.95. The van der Waals surface area contributed by atoms with Crippen molar-refractivity contribution in [2.75, 3.05) is 6.61 Å². The van der Waals surface area contributed by atoms with E-state index in [0.29, 0.717) is 13.2 Å². The molecule has 1 aliphatic rings. The van der Waals surface area contributed by atoms with E-state index in [1.165, 1.54) is 5.56 Å². The highest BCUT2D eigenvalue weighted by molar-refractivity contribution is 5.23. The van der Waals surface area contributed by atoms with Gasteiger partial charge in [-0.05, 0) is 11.1 Å². The summed E-state index contributed by atoms with van der Waals surface area (Å²) in [4.78, 5) is 5.74. The van der Waals surface area contributed by atoms with Gasteiger partial charge in [0.2, 0.25) is 0 Å². The summed E-state index contributed by atoms with van der Waals surface area (Å²) >= 11 is 0. The molecule has 1 fully saturated rings. The minimum atomic E-state index is -0.124. The van der Waals surface area contributed by atoms with Crippen molar-refractivity contribution in [2.24, 2.45) is 5.92 Å². The van der Waals surface area contributed by atoms with Gasteiger partial charge in [0.05, 0.1) is 24.6 Å². The van der Waals surface area contributed by atoms with E-state index in [9.17, 15) is 5.26 Å². The van der Waals surface area contributed by atoms with Crippen LogP contribution in [0.5, 0.6) is 0 Å². The summed E-state index contributed by atoms with van der Waals surface area (Å²) in [6, 6.07) is 22.7. The molecule has 3 nitrogen and oxygen atoms in total. The molecule has 0 amide bonds. The van der Waals surface area contributed by atoms with Crippen LogP contribution in [0.15, 0.2) is 60.7 Å². The van der Waals surface area contributed by atoms with Gasteiger partial charge in [0.15, 0.2) is 0 Å². The van der Waals surface area contributed by atoms with Crippen LogP contribution < -0.4 is 0 Å². The fourth-order valence-corrected chi connectivity index (χ4v) is 2.61. The molecule has 2 aromatic carbocycles. The largest absolute Gasteiger partial charge is 0.297 e. The van der Waals surface area contributed by atoms with Gasteiger partial charge in [0, 0.05) is 6.54 Å². The lowest BCUT2D eigenvalue weighted by Crippen LogP contribution is -2.23. The van der Waals surface area contributed by atoms with Gasteiger partial charge in [-0.2, -0.15) is 10.3 Å². The minimum Gasteiger partial charge on any atom is -0.297 e. The summed E-state index contributed by atoms with van der Waals surface area (Å²) in [5.74, 6) is -0.124. The Morgan fingerprint density at radius 1 is 1.05 bits per heavy atom. The summed E-state index contributed by atoms with van der Waals surface area (Å²) in [6.07, 6.45) is 0. The molecule has 3 rings (SSSR count). The predicted molar refractivity (Wildman–Crippen MR) is 76.2 cm³/mol. The average Bonchev–Trinajstić information content (AvgIpc) is 2.92. The van der Waals surface area contributed by atoms with Gasteiger partial charge in [-0.3, -0.25) is 4.84 Å². The van der Waals surface area contributed by atoms with Crippen LogP contribution in [0, 0.1) is 17.2 Å². The smallest absolute Gasteiger partial charge is 0.0936 e. The first-order chi connectivity index (χ1) is 9.88. The maximum absolute atomic E-state index is 9.32. The number of benzene rings is 2.